The Bertz CT molecular complexity index is 1620. The first kappa shape index (κ1) is 23.0. The number of hydrogen-bond donors (Lipinski definition) is 4. The lowest BCUT2D eigenvalue weighted by Crippen LogP contribution is -2.14. The molecule has 0 saturated carbocycles. The summed E-state index contributed by atoms with van der Waals surface area (Å²) in [6.45, 7) is 1.63. The predicted molar refractivity (Wildman–Crippen MR) is 123 cm³/mol. The summed E-state index contributed by atoms with van der Waals surface area (Å²) in [6, 6.07) is 11.7. The number of rotatable bonds is 6. The number of halogens is 1. The predicted octanol–water partition coefficient (Wildman–Crippen LogP) is 3.01. The molecule has 4 aromatic rings. The van der Waals surface area contributed by atoms with E-state index < -0.39 is 21.4 Å². The minimum Gasteiger partial charge on any atom is -0.324 e. The third-order valence-corrected chi connectivity index (χ3v) is 5.47. The number of nitrogens with zero attached hydrogens (tertiary/aromatic N) is 5. The smallest absolute Gasteiger partial charge is 0.324 e. The van der Waals surface area contributed by atoms with E-state index in [1.165, 1.54) is 28.9 Å². The van der Waals surface area contributed by atoms with Crippen molar-refractivity contribution in [1.82, 2.24) is 24.7 Å². The van der Waals surface area contributed by atoms with Gasteiger partial charge in [-0.2, -0.15) is 23.5 Å². The zero-order chi connectivity index (χ0) is 24.5. The first-order valence-electron chi connectivity index (χ1n) is 9.42. The highest BCUT2D eigenvalue weighted by atomic mass is 35.5. The molecule has 0 spiro atoms. The zero-order valence-electron chi connectivity index (χ0n) is 17.2. The summed E-state index contributed by atoms with van der Waals surface area (Å²) in [5.74, 6) is -0.00720. The molecule has 4 N–H and O–H groups in total. The van der Waals surface area contributed by atoms with Crippen LogP contribution in [-0.2, 0) is 10.1 Å². The van der Waals surface area contributed by atoms with Crippen molar-refractivity contribution >= 4 is 44.7 Å². The van der Waals surface area contributed by atoms with E-state index in [2.05, 4.69) is 35.6 Å². The number of benzene rings is 2. The van der Waals surface area contributed by atoms with Crippen LogP contribution in [0.1, 0.15) is 5.69 Å². The second-order valence-electron chi connectivity index (χ2n) is 6.84. The SMILES string of the molecule is Cc1[nH]n(-c2ccc(S(=O)(=O)O)cc2)c(=O)c1N=Nc1cccc(Nc2nc(Cl)[nH]c(=O)n2)c1. The van der Waals surface area contributed by atoms with Crippen LogP contribution in [0, 0.1) is 6.92 Å². The van der Waals surface area contributed by atoms with E-state index >= 15 is 0 Å². The van der Waals surface area contributed by atoms with E-state index in [1.54, 1.807) is 31.2 Å². The van der Waals surface area contributed by atoms with Gasteiger partial charge in [0.15, 0.2) is 5.69 Å². The minimum absolute atomic E-state index is 0.00720. The number of aromatic nitrogens is 5. The van der Waals surface area contributed by atoms with E-state index in [4.69, 9.17) is 16.2 Å². The highest BCUT2D eigenvalue weighted by molar-refractivity contribution is 7.85. The van der Waals surface area contributed by atoms with Gasteiger partial charge in [0.2, 0.25) is 11.2 Å². The number of H-pyrrole nitrogens is 2. The Kier molecular flexibility index (Phi) is 6.10. The first-order chi connectivity index (χ1) is 16.1. The van der Waals surface area contributed by atoms with Gasteiger partial charge in [-0.15, -0.1) is 5.11 Å². The van der Waals surface area contributed by atoms with Crippen molar-refractivity contribution in [3.8, 4) is 5.69 Å². The van der Waals surface area contributed by atoms with Crippen molar-refractivity contribution in [2.45, 2.75) is 11.8 Å². The Morgan fingerprint density at radius 2 is 1.82 bits per heavy atom. The maximum atomic E-state index is 12.8. The molecule has 0 radical (unpaired) electrons. The van der Waals surface area contributed by atoms with Gasteiger partial charge in [-0.25, -0.2) is 9.48 Å². The van der Waals surface area contributed by atoms with Crippen molar-refractivity contribution < 1.29 is 13.0 Å². The van der Waals surface area contributed by atoms with Crippen molar-refractivity contribution in [1.29, 1.82) is 0 Å². The number of azo groups is 1. The monoisotopic (exact) mass is 502 g/mol. The molecule has 2 aromatic carbocycles. The summed E-state index contributed by atoms with van der Waals surface area (Å²) in [6.07, 6.45) is 0. The number of nitrogens with one attached hydrogen (secondary N) is 3. The molecular weight excluding hydrogens is 488 g/mol. The Morgan fingerprint density at radius 1 is 1.09 bits per heavy atom. The molecule has 0 atom stereocenters. The summed E-state index contributed by atoms with van der Waals surface area (Å²) < 4.78 is 32.7. The summed E-state index contributed by atoms with van der Waals surface area (Å²) in [5, 5.41) is 13.7. The van der Waals surface area contributed by atoms with E-state index in [-0.39, 0.29) is 21.8 Å². The molecule has 34 heavy (non-hydrogen) atoms. The molecule has 0 aliphatic carbocycles. The molecule has 2 heterocycles. The van der Waals surface area contributed by atoms with Crippen LogP contribution < -0.4 is 16.6 Å². The molecule has 4 rings (SSSR count). The molecule has 15 heteroatoms. The second kappa shape index (κ2) is 9.01. The van der Waals surface area contributed by atoms with Crippen molar-refractivity contribution in [3.63, 3.8) is 0 Å². The highest BCUT2D eigenvalue weighted by Crippen LogP contribution is 2.23. The van der Waals surface area contributed by atoms with Gasteiger partial charge < -0.3 is 5.32 Å². The molecule has 0 aliphatic heterocycles. The van der Waals surface area contributed by atoms with Crippen molar-refractivity contribution in [3.05, 3.63) is 80.3 Å². The molecule has 2 aromatic heterocycles. The number of aromatic amines is 2. The van der Waals surface area contributed by atoms with Gasteiger partial charge in [0.25, 0.3) is 15.7 Å². The largest absolute Gasteiger partial charge is 0.350 e. The number of hydrogen-bond acceptors (Lipinski definition) is 9. The minimum atomic E-state index is -4.35. The third kappa shape index (κ3) is 5.09. The lowest BCUT2D eigenvalue weighted by atomic mass is 10.3. The average molecular weight is 503 g/mol. The lowest BCUT2D eigenvalue weighted by molar-refractivity contribution is 0.483. The highest BCUT2D eigenvalue weighted by Gasteiger charge is 2.14. The van der Waals surface area contributed by atoms with Gasteiger partial charge in [0.1, 0.15) is 0 Å². The topological polar surface area (TPSA) is 188 Å². The van der Waals surface area contributed by atoms with Crippen LogP contribution in [0.25, 0.3) is 5.69 Å². The number of aryl methyl sites for hydroxylation is 1. The summed E-state index contributed by atoms with van der Waals surface area (Å²) >= 11 is 5.72. The Labute approximate surface area is 195 Å². The molecule has 0 fully saturated rings. The molecule has 0 amide bonds. The fourth-order valence-electron chi connectivity index (χ4n) is 2.90. The molecule has 0 unspecified atom stereocenters. The van der Waals surface area contributed by atoms with E-state index in [9.17, 15) is 18.0 Å². The van der Waals surface area contributed by atoms with E-state index in [0.717, 1.165) is 0 Å². The first-order valence-corrected chi connectivity index (χ1v) is 11.2. The van der Waals surface area contributed by atoms with Crippen LogP contribution in [0.3, 0.4) is 0 Å². The van der Waals surface area contributed by atoms with Crippen LogP contribution in [0.15, 0.2) is 73.2 Å². The van der Waals surface area contributed by atoms with Crippen LogP contribution in [0.2, 0.25) is 5.28 Å². The fraction of sp³-hybridized carbons (Fsp3) is 0.0526. The van der Waals surface area contributed by atoms with Crippen molar-refractivity contribution in [2.75, 3.05) is 5.32 Å². The molecule has 0 aliphatic rings. The molecule has 0 saturated heterocycles. The lowest BCUT2D eigenvalue weighted by Gasteiger charge is -2.04. The standard InChI is InChI=1S/C19H15ClN8O5S/c1-10-15(16(29)28(27-10)13-5-7-14(8-6-13)34(31,32)33)26-25-12-4-2-3-11(9-12)21-18-22-17(20)23-19(30)24-18/h2-9,27H,1H3,(H,31,32,33)(H2,21,22,23,24,30). The third-order valence-electron chi connectivity index (χ3n) is 4.42. The fourth-order valence-corrected chi connectivity index (χ4v) is 3.54. The van der Waals surface area contributed by atoms with Gasteiger partial charge in [-0.1, -0.05) is 6.07 Å². The molecular formula is C19H15ClN8O5S. The van der Waals surface area contributed by atoms with E-state index in [0.29, 0.717) is 22.8 Å². The zero-order valence-corrected chi connectivity index (χ0v) is 18.8. The maximum absolute atomic E-state index is 12.8. The Hall–Kier alpha value is -4.14. The molecule has 13 nitrogen and oxygen atoms in total. The number of anilines is 2. The van der Waals surface area contributed by atoms with Gasteiger partial charge in [-0.3, -0.25) is 19.4 Å². The summed E-state index contributed by atoms with van der Waals surface area (Å²) in [5.41, 5.74) is 0.525. The summed E-state index contributed by atoms with van der Waals surface area (Å²) in [7, 11) is -4.35. The Morgan fingerprint density at radius 3 is 2.50 bits per heavy atom. The van der Waals surface area contributed by atoms with Gasteiger partial charge in [-0.05, 0) is 61.0 Å². The van der Waals surface area contributed by atoms with Crippen LogP contribution in [0.4, 0.5) is 23.0 Å². The van der Waals surface area contributed by atoms with Crippen LogP contribution in [-0.4, -0.2) is 37.7 Å². The maximum Gasteiger partial charge on any atom is 0.350 e. The van der Waals surface area contributed by atoms with Gasteiger partial charge >= 0.3 is 5.69 Å². The molecule has 0 bridgehead atoms. The van der Waals surface area contributed by atoms with Crippen molar-refractivity contribution in [2.24, 2.45) is 10.2 Å². The second-order valence-corrected chi connectivity index (χ2v) is 8.62. The van der Waals surface area contributed by atoms with Crippen LogP contribution >= 0.6 is 11.6 Å². The average Bonchev–Trinajstić information content (AvgIpc) is 3.04. The van der Waals surface area contributed by atoms with Crippen LogP contribution in [0.5, 0.6) is 0 Å². The molecule has 174 valence electrons. The van der Waals surface area contributed by atoms with Gasteiger partial charge in [0.05, 0.1) is 22.0 Å². The van der Waals surface area contributed by atoms with E-state index in [1.807, 2.05) is 0 Å². The quantitative estimate of drug-likeness (QED) is 0.228. The normalized spacial score (nSPS) is 11.7. The van der Waals surface area contributed by atoms with Gasteiger partial charge in [0, 0.05) is 5.69 Å². The summed E-state index contributed by atoms with van der Waals surface area (Å²) in [4.78, 5) is 33.7. The Balaban J connectivity index is 1.59.